The van der Waals surface area contributed by atoms with Gasteiger partial charge in [0, 0.05) is 5.56 Å². The zero-order valence-corrected chi connectivity index (χ0v) is 11.4. The topological polar surface area (TPSA) is 74.8 Å². The third-order valence-electron chi connectivity index (χ3n) is 2.95. The average Bonchev–Trinajstić information content (AvgIpc) is 2.87. The van der Waals surface area contributed by atoms with Crippen LogP contribution in [0.5, 0.6) is 5.75 Å². The molecular weight excluding hydrogens is 256 g/mol. The number of phenolic OH excluding ortho intramolecular Hbond substituents is 1. The lowest BCUT2D eigenvalue weighted by Crippen LogP contribution is -2.20. The molecule has 0 aliphatic heterocycles. The summed E-state index contributed by atoms with van der Waals surface area (Å²) in [5.41, 5.74) is 4.15. The molecule has 0 aliphatic rings. The number of nitrogens with zero attached hydrogens (tertiary/aromatic N) is 1. The van der Waals surface area contributed by atoms with Crippen molar-refractivity contribution in [2.45, 2.75) is 20.3 Å². The Balaban J connectivity index is 2.19. The summed E-state index contributed by atoms with van der Waals surface area (Å²) in [6.45, 7) is 3.61. The van der Waals surface area contributed by atoms with Gasteiger partial charge in [0.1, 0.15) is 11.5 Å². The number of carbonyl (C=O) groups is 1. The third-order valence-corrected chi connectivity index (χ3v) is 2.95. The van der Waals surface area contributed by atoms with E-state index < -0.39 is 0 Å². The normalized spacial score (nSPS) is 11.4. The number of hydrazone groups is 1. The largest absolute Gasteiger partial charge is 0.507 e. The van der Waals surface area contributed by atoms with Crippen LogP contribution in [0.2, 0.25) is 0 Å². The first-order valence-corrected chi connectivity index (χ1v) is 6.32. The molecule has 0 saturated heterocycles. The van der Waals surface area contributed by atoms with E-state index in [1.165, 1.54) is 6.26 Å². The number of para-hydroxylation sites is 1. The van der Waals surface area contributed by atoms with Crippen molar-refractivity contribution in [3.63, 3.8) is 0 Å². The Kier molecular flexibility index (Phi) is 4.20. The highest BCUT2D eigenvalue weighted by Gasteiger charge is 2.12. The molecule has 0 saturated carbocycles. The van der Waals surface area contributed by atoms with Crippen molar-refractivity contribution in [2.24, 2.45) is 5.10 Å². The van der Waals surface area contributed by atoms with E-state index >= 15 is 0 Å². The number of phenols is 1. The van der Waals surface area contributed by atoms with E-state index in [1.807, 2.05) is 13.0 Å². The Morgan fingerprint density at radius 1 is 1.30 bits per heavy atom. The minimum atomic E-state index is -0.336. The fraction of sp³-hybridized carbons (Fsp3) is 0.200. The number of aromatic hydroxyl groups is 1. The van der Waals surface area contributed by atoms with Gasteiger partial charge in [-0.15, -0.1) is 0 Å². The van der Waals surface area contributed by atoms with Gasteiger partial charge in [-0.1, -0.05) is 19.1 Å². The monoisotopic (exact) mass is 272 g/mol. The first kappa shape index (κ1) is 13.9. The van der Waals surface area contributed by atoms with Crippen LogP contribution in [0.4, 0.5) is 0 Å². The van der Waals surface area contributed by atoms with Crippen molar-refractivity contribution < 1.29 is 14.3 Å². The molecule has 0 atom stereocenters. The van der Waals surface area contributed by atoms with Gasteiger partial charge >= 0.3 is 0 Å². The number of furan rings is 1. The van der Waals surface area contributed by atoms with Crippen LogP contribution in [-0.2, 0) is 0 Å². The summed E-state index contributed by atoms with van der Waals surface area (Å²) in [6.07, 6.45) is 2.04. The second-order valence-corrected chi connectivity index (χ2v) is 4.26. The van der Waals surface area contributed by atoms with Crippen molar-refractivity contribution >= 4 is 11.6 Å². The Hall–Kier alpha value is -2.56. The van der Waals surface area contributed by atoms with E-state index in [1.54, 1.807) is 31.2 Å². The van der Waals surface area contributed by atoms with E-state index in [0.29, 0.717) is 29.0 Å². The summed E-state index contributed by atoms with van der Waals surface area (Å²) < 4.78 is 5.07. The van der Waals surface area contributed by atoms with Crippen LogP contribution in [0, 0.1) is 6.92 Å². The van der Waals surface area contributed by atoms with Gasteiger partial charge in [0.15, 0.2) is 0 Å². The van der Waals surface area contributed by atoms with Gasteiger partial charge in [0.2, 0.25) is 0 Å². The molecule has 0 bridgehead atoms. The molecule has 1 aromatic heterocycles. The van der Waals surface area contributed by atoms with Crippen LogP contribution in [0.1, 0.15) is 35.0 Å². The number of benzene rings is 1. The molecule has 5 nitrogen and oxygen atoms in total. The highest BCUT2D eigenvalue weighted by molar-refractivity contribution is 6.04. The lowest BCUT2D eigenvalue weighted by atomic mass is 10.1. The molecule has 1 amide bonds. The summed E-state index contributed by atoms with van der Waals surface area (Å²) in [7, 11) is 0. The Bertz CT molecular complexity index is 644. The Labute approximate surface area is 116 Å². The summed E-state index contributed by atoms with van der Waals surface area (Å²) in [4.78, 5) is 11.9. The van der Waals surface area contributed by atoms with E-state index in [0.717, 1.165) is 0 Å². The fourth-order valence-corrected chi connectivity index (χ4v) is 1.85. The second-order valence-electron chi connectivity index (χ2n) is 4.26. The van der Waals surface area contributed by atoms with E-state index in [4.69, 9.17) is 4.42 Å². The summed E-state index contributed by atoms with van der Waals surface area (Å²) in [6, 6.07) is 8.48. The number of hydrogen-bond acceptors (Lipinski definition) is 4. The molecule has 1 aromatic carbocycles. The summed E-state index contributed by atoms with van der Waals surface area (Å²) in [5.74, 6) is 0.345. The number of rotatable bonds is 4. The molecule has 2 aromatic rings. The molecule has 2 N–H and O–H groups in total. The maximum absolute atomic E-state index is 11.9. The smallest absolute Gasteiger partial charge is 0.274 e. The van der Waals surface area contributed by atoms with Gasteiger partial charge in [-0.2, -0.15) is 5.10 Å². The quantitative estimate of drug-likeness (QED) is 0.664. The molecule has 0 aliphatic carbocycles. The third kappa shape index (κ3) is 2.88. The molecule has 0 spiro atoms. The Morgan fingerprint density at radius 2 is 2.05 bits per heavy atom. The number of aryl methyl sites for hydroxylation is 1. The molecule has 0 fully saturated rings. The van der Waals surface area contributed by atoms with Gasteiger partial charge in [-0.3, -0.25) is 4.79 Å². The maximum atomic E-state index is 11.9. The fourth-order valence-electron chi connectivity index (χ4n) is 1.85. The van der Waals surface area contributed by atoms with Gasteiger partial charge in [0.25, 0.3) is 5.91 Å². The minimum absolute atomic E-state index is 0.141. The zero-order chi connectivity index (χ0) is 14.5. The summed E-state index contributed by atoms with van der Waals surface area (Å²) >= 11 is 0. The minimum Gasteiger partial charge on any atom is -0.507 e. The first-order chi connectivity index (χ1) is 9.63. The first-order valence-electron chi connectivity index (χ1n) is 6.32. The maximum Gasteiger partial charge on any atom is 0.274 e. The van der Waals surface area contributed by atoms with Gasteiger partial charge in [-0.05, 0) is 31.5 Å². The van der Waals surface area contributed by atoms with Crippen molar-refractivity contribution in [3.05, 3.63) is 53.5 Å². The molecule has 1 heterocycles. The van der Waals surface area contributed by atoms with E-state index in [-0.39, 0.29) is 11.7 Å². The van der Waals surface area contributed by atoms with Crippen molar-refractivity contribution in [1.29, 1.82) is 0 Å². The molecule has 0 unspecified atom stereocenters. The highest BCUT2D eigenvalue weighted by atomic mass is 16.3. The van der Waals surface area contributed by atoms with Gasteiger partial charge in [0.05, 0.1) is 17.5 Å². The predicted octanol–water partition coefficient (Wildman–Crippen LogP) is 2.84. The number of hydrogen-bond donors (Lipinski definition) is 2. The van der Waals surface area contributed by atoms with Crippen LogP contribution >= 0.6 is 0 Å². The molecular formula is C15H16N2O3. The standard InChI is InChI=1S/C15H16N2O3/c1-3-13(12-6-4-5-7-14(12)18)16-17-15(19)11-8-9-20-10(11)2/h4-9,18H,3H2,1-2H3,(H,17,19)/b16-13+. The Morgan fingerprint density at radius 3 is 2.65 bits per heavy atom. The van der Waals surface area contributed by atoms with Crippen LogP contribution < -0.4 is 5.43 Å². The molecule has 2 rings (SSSR count). The molecule has 5 heteroatoms. The second kappa shape index (κ2) is 6.06. The average molecular weight is 272 g/mol. The SMILES string of the molecule is CC/C(=N\NC(=O)c1ccoc1C)c1ccccc1O. The molecule has 104 valence electrons. The lowest BCUT2D eigenvalue weighted by molar-refractivity contribution is 0.0953. The van der Waals surface area contributed by atoms with Crippen molar-refractivity contribution in [2.75, 3.05) is 0 Å². The van der Waals surface area contributed by atoms with Crippen LogP contribution in [-0.4, -0.2) is 16.7 Å². The lowest BCUT2D eigenvalue weighted by Gasteiger charge is -2.06. The van der Waals surface area contributed by atoms with E-state index in [9.17, 15) is 9.90 Å². The summed E-state index contributed by atoms with van der Waals surface area (Å²) in [5, 5.41) is 13.9. The van der Waals surface area contributed by atoms with Crippen molar-refractivity contribution in [1.82, 2.24) is 5.43 Å². The zero-order valence-electron chi connectivity index (χ0n) is 11.4. The number of carbonyl (C=O) groups excluding carboxylic acids is 1. The molecule has 0 radical (unpaired) electrons. The predicted molar refractivity (Wildman–Crippen MR) is 75.8 cm³/mol. The van der Waals surface area contributed by atoms with Gasteiger partial charge in [-0.25, -0.2) is 5.43 Å². The van der Waals surface area contributed by atoms with Gasteiger partial charge < -0.3 is 9.52 Å². The number of amides is 1. The van der Waals surface area contributed by atoms with Crippen molar-refractivity contribution in [3.8, 4) is 5.75 Å². The van der Waals surface area contributed by atoms with Crippen LogP contribution in [0.25, 0.3) is 0 Å². The van der Waals surface area contributed by atoms with Crippen LogP contribution in [0.15, 0.2) is 46.1 Å². The molecule has 20 heavy (non-hydrogen) atoms. The van der Waals surface area contributed by atoms with Crippen LogP contribution in [0.3, 0.4) is 0 Å². The highest BCUT2D eigenvalue weighted by Crippen LogP contribution is 2.18. The number of nitrogens with one attached hydrogen (secondary N) is 1. The van der Waals surface area contributed by atoms with E-state index in [2.05, 4.69) is 10.5 Å².